The van der Waals surface area contributed by atoms with E-state index in [0.29, 0.717) is 32.7 Å². The lowest BCUT2D eigenvalue weighted by Crippen LogP contribution is -2.40. The molecule has 6 nitrogen and oxygen atoms in total. The summed E-state index contributed by atoms with van der Waals surface area (Å²) >= 11 is 0. The minimum absolute atomic E-state index is 0.272. The molecule has 20 heavy (non-hydrogen) atoms. The highest BCUT2D eigenvalue weighted by Crippen LogP contribution is 2.01. The molecule has 0 fully saturated rings. The van der Waals surface area contributed by atoms with Crippen LogP contribution in [-0.2, 0) is 22.6 Å². The molecular weight excluding hydrogens is 260 g/mol. The Bertz CT molecular complexity index is 501. The molecule has 0 saturated carbocycles. The Balaban J connectivity index is 2.83. The van der Waals surface area contributed by atoms with Gasteiger partial charge in [-0.05, 0) is 20.3 Å². The normalized spacial score (nSPS) is 11.2. The van der Waals surface area contributed by atoms with Crippen LogP contribution in [0, 0.1) is 0 Å². The second kappa shape index (κ2) is 8.71. The van der Waals surface area contributed by atoms with Gasteiger partial charge in [-0.3, -0.25) is 9.36 Å². The molecule has 0 aliphatic heterocycles. The first-order valence-corrected chi connectivity index (χ1v) is 7.17. The Labute approximate surface area is 118 Å². The fourth-order valence-corrected chi connectivity index (χ4v) is 1.99. The van der Waals surface area contributed by atoms with E-state index in [1.54, 1.807) is 10.8 Å². The van der Waals surface area contributed by atoms with Crippen molar-refractivity contribution in [1.82, 2.24) is 9.13 Å². The summed E-state index contributed by atoms with van der Waals surface area (Å²) in [7, 11) is 0. The van der Waals surface area contributed by atoms with Crippen LogP contribution in [-0.4, -0.2) is 28.6 Å². The van der Waals surface area contributed by atoms with Crippen molar-refractivity contribution in [3.63, 3.8) is 0 Å². The number of hydrogen-bond donors (Lipinski definition) is 0. The predicted octanol–water partition coefficient (Wildman–Crippen LogP) is 1.21. The SMILES string of the molecule is CCCn1ccc(=O)n(CCC(OCC)OCC)c1=O. The first-order chi connectivity index (χ1) is 9.63. The quantitative estimate of drug-likeness (QED) is 0.639. The highest BCUT2D eigenvalue weighted by atomic mass is 16.7. The fourth-order valence-electron chi connectivity index (χ4n) is 1.99. The van der Waals surface area contributed by atoms with Gasteiger partial charge in [-0.15, -0.1) is 0 Å². The van der Waals surface area contributed by atoms with Gasteiger partial charge in [-0.25, -0.2) is 4.79 Å². The van der Waals surface area contributed by atoms with Crippen LogP contribution in [0.5, 0.6) is 0 Å². The van der Waals surface area contributed by atoms with Crippen LogP contribution in [0.1, 0.15) is 33.6 Å². The molecule has 1 rings (SSSR count). The fraction of sp³-hybridized carbons (Fsp3) is 0.714. The average Bonchev–Trinajstić information content (AvgIpc) is 2.42. The Morgan fingerprint density at radius 3 is 2.30 bits per heavy atom. The average molecular weight is 284 g/mol. The third kappa shape index (κ3) is 4.61. The van der Waals surface area contributed by atoms with Crippen molar-refractivity contribution in [1.29, 1.82) is 0 Å². The van der Waals surface area contributed by atoms with E-state index in [9.17, 15) is 9.59 Å². The first kappa shape index (κ1) is 16.7. The summed E-state index contributed by atoms with van der Waals surface area (Å²) in [6, 6.07) is 1.42. The maximum atomic E-state index is 12.2. The minimum atomic E-state index is -0.379. The van der Waals surface area contributed by atoms with Gasteiger partial charge < -0.3 is 14.0 Å². The lowest BCUT2D eigenvalue weighted by atomic mass is 10.4. The molecule has 0 aromatic carbocycles. The molecular formula is C14H24N2O4. The minimum Gasteiger partial charge on any atom is -0.353 e. The number of hydrogen-bond acceptors (Lipinski definition) is 4. The molecule has 0 atom stereocenters. The third-order valence-corrected chi connectivity index (χ3v) is 2.90. The molecule has 114 valence electrons. The lowest BCUT2D eigenvalue weighted by molar-refractivity contribution is -0.141. The van der Waals surface area contributed by atoms with E-state index >= 15 is 0 Å². The maximum Gasteiger partial charge on any atom is 0.330 e. The van der Waals surface area contributed by atoms with Crippen LogP contribution < -0.4 is 11.2 Å². The van der Waals surface area contributed by atoms with E-state index in [1.807, 2.05) is 20.8 Å². The van der Waals surface area contributed by atoms with Gasteiger partial charge in [0.1, 0.15) is 0 Å². The third-order valence-electron chi connectivity index (χ3n) is 2.90. The number of aromatic nitrogens is 2. The van der Waals surface area contributed by atoms with E-state index in [0.717, 1.165) is 6.42 Å². The van der Waals surface area contributed by atoms with E-state index in [2.05, 4.69) is 0 Å². The number of ether oxygens (including phenoxy) is 2. The number of rotatable bonds is 9. The summed E-state index contributed by atoms with van der Waals surface area (Å²) in [5.74, 6) is 0. The van der Waals surface area contributed by atoms with Crippen LogP contribution in [0.25, 0.3) is 0 Å². The lowest BCUT2D eigenvalue weighted by Gasteiger charge is -2.17. The van der Waals surface area contributed by atoms with Gasteiger partial charge in [-0.1, -0.05) is 6.92 Å². The summed E-state index contributed by atoms with van der Waals surface area (Å²) in [5, 5.41) is 0. The van der Waals surface area contributed by atoms with Gasteiger partial charge in [0.2, 0.25) is 0 Å². The van der Waals surface area contributed by atoms with Gasteiger partial charge in [0.15, 0.2) is 6.29 Å². The second-order valence-electron chi connectivity index (χ2n) is 4.41. The number of nitrogens with zero attached hydrogens (tertiary/aromatic N) is 2. The summed E-state index contributed by atoms with van der Waals surface area (Å²) in [6.07, 6.45) is 2.50. The zero-order valence-electron chi connectivity index (χ0n) is 12.5. The molecule has 0 amide bonds. The zero-order chi connectivity index (χ0) is 15.0. The van der Waals surface area contributed by atoms with Gasteiger partial charge in [-0.2, -0.15) is 0 Å². The number of aryl methyl sites for hydroxylation is 1. The van der Waals surface area contributed by atoms with Gasteiger partial charge in [0, 0.05) is 45.0 Å². The van der Waals surface area contributed by atoms with Crippen LogP contribution in [0.4, 0.5) is 0 Å². The Morgan fingerprint density at radius 1 is 1.10 bits per heavy atom. The van der Waals surface area contributed by atoms with Crippen LogP contribution in [0.15, 0.2) is 21.9 Å². The molecule has 1 heterocycles. The standard InChI is InChI=1S/C14H24N2O4/c1-4-9-15-10-7-12(17)16(14(15)18)11-8-13(19-5-2)20-6-3/h7,10,13H,4-6,8-9,11H2,1-3H3. The van der Waals surface area contributed by atoms with Gasteiger partial charge in [0.25, 0.3) is 5.56 Å². The van der Waals surface area contributed by atoms with Crippen LogP contribution in [0.3, 0.4) is 0 Å². The van der Waals surface area contributed by atoms with E-state index in [1.165, 1.54) is 10.6 Å². The monoisotopic (exact) mass is 284 g/mol. The highest BCUT2D eigenvalue weighted by Gasteiger charge is 2.11. The molecule has 0 radical (unpaired) electrons. The predicted molar refractivity (Wildman–Crippen MR) is 76.9 cm³/mol. The molecule has 1 aromatic rings. The Morgan fingerprint density at radius 2 is 1.75 bits per heavy atom. The molecule has 6 heteroatoms. The molecule has 0 aliphatic rings. The van der Waals surface area contributed by atoms with Gasteiger partial charge >= 0.3 is 5.69 Å². The van der Waals surface area contributed by atoms with Crippen molar-refractivity contribution < 1.29 is 9.47 Å². The van der Waals surface area contributed by atoms with E-state index in [-0.39, 0.29) is 17.5 Å². The highest BCUT2D eigenvalue weighted by molar-refractivity contribution is 4.86. The summed E-state index contributed by atoms with van der Waals surface area (Å²) in [4.78, 5) is 23.9. The van der Waals surface area contributed by atoms with E-state index in [4.69, 9.17) is 9.47 Å². The van der Waals surface area contributed by atoms with E-state index < -0.39 is 0 Å². The van der Waals surface area contributed by atoms with Crippen LogP contribution in [0.2, 0.25) is 0 Å². The molecule has 0 saturated heterocycles. The topological polar surface area (TPSA) is 62.5 Å². The smallest absolute Gasteiger partial charge is 0.330 e. The van der Waals surface area contributed by atoms with Crippen molar-refractivity contribution >= 4 is 0 Å². The molecule has 0 unspecified atom stereocenters. The molecule has 0 bridgehead atoms. The van der Waals surface area contributed by atoms with Crippen molar-refractivity contribution in [2.24, 2.45) is 0 Å². The summed E-state index contributed by atoms with van der Waals surface area (Å²) < 4.78 is 13.6. The summed E-state index contributed by atoms with van der Waals surface area (Å²) in [5.41, 5.74) is -0.555. The molecule has 0 N–H and O–H groups in total. The maximum absolute atomic E-state index is 12.2. The molecule has 1 aromatic heterocycles. The Hall–Kier alpha value is -1.40. The van der Waals surface area contributed by atoms with Crippen molar-refractivity contribution in [2.75, 3.05) is 13.2 Å². The Kier molecular flexibility index (Phi) is 7.25. The summed E-state index contributed by atoms with van der Waals surface area (Å²) in [6.45, 7) is 7.74. The van der Waals surface area contributed by atoms with Crippen molar-refractivity contribution in [3.8, 4) is 0 Å². The van der Waals surface area contributed by atoms with Crippen molar-refractivity contribution in [3.05, 3.63) is 33.1 Å². The zero-order valence-corrected chi connectivity index (χ0v) is 12.5. The first-order valence-electron chi connectivity index (χ1n) is 7.17. The second-order valence-corrected chi connectivity index (χ2v) is 4.41. The van der Waals surface area contributed by atoms with Gasteiger partial charge in [0.05, 0.1) is 0 Å². The van der Waals surface area contributed by atoms with Crippen molar-refractivity contribution in [2.45, 2.75) is 53.0 Å². The molecule has 0 aliphatic carbocycles. The largest absolute Gasteiger partial charge is 0.353 e. The van der Waals surface area contributed by atoms with Crippen LogP contribution >= 0.6 is 0 Å². The molecule has 0 spiro atoms.